The summed E-state index contributed by atoms with van der Waals surface area (Å²) in [6.45, 7) is 7.85. The van der Waals surface area contributed by atoms with Crippen molar-refractivity contribution in [2.75, 3.05) is 46.4 Å². The molecular weight excluding hydrogens is 504 g/mol. The lowest BCUT2D eigenvalue weighted by Gasteiger charge is -2.26. The van der Waals surface area contributed by atoms with E-state index in [4.69, 9.17) is 4.74 Å². The molecule has 2 aromatic rings. The van der Waals surface area contributed by atoms with Gasteiger partial charge in [-0.1, -0.05) is 42.5 Å². The van der Waals surface area contributed by atoms with Crippen LogP contribution in [0, 0.1) is 11.8 Å². The van der Waals surface area contributed by atoms with E-state index >= 15 is 0 Å². The van der Waals surface area contributed by atoms with E-state index in [0.29, 0.717) is 48.2 Å². The molecule has 40 heavy (non-hydrogen) atoms. The van der Waals surface area contributed by atoms with Gasteiger partial charge in [0.25, 0.3) is 5.91 Å². The molecule has 0 radical (unpaired) electrons. The molecule has 8 heteroatoms. The molecule has 2 amide bonds. The molecule has 2 fully saturated rings. The third kappa shape index (κ3) is 6.17. The number of ketones is 1. The summed E-state index contributed by atoms with van der Waals surface area (Å²) >= 11 is 0. The highest BCUT2D eigenvalue weighted by Crippen LogP contribution is 2.33. The number of dihydropyridines is 1. The maximum Gasteiger partial charge on any atom is 0.256 e. The van der Waals surface area contributed by atoms with Gasteiger partial charge in [-0.25, -0.2) is 0 Å². The van der Waals surface area contributed by atoms with Crippen LogP contribution in [-0.2, 0) is 20.8 Å². The van der Waals surface area contributed by atoms with Crippen molar-refractivity contribution in [2.24, 2.45) is 16.8 Å². The standard InChI is InChI=1S/C32H38N4O4/c1-21-29(37)16-33-22(2)31(21)32(39)36-19-25-17-35(18-26(25)20-36)14-13-28(24-7-5-4-6-8-24)34-30(38)15-23-9-11-27(40-3)12-10-23/h4-12,25-26,28H,13-20H2,1-3H3,(H,34,38)/t25-,26?,28?/m0/s1. The Morgan fingerprint density at radius 3 is 2.33 bits per heavy atom. The van der Waals surface area contributed by atoms with Crippen molar-refractivity contribution >= 4 is 23.3 Å². The van der Waals surface area contributed by atoms with Crippen LogP contribution >= 0.6 is 0 Å². The molecule has 8 nitrogen and oxygen atoms in total. The van der Waals surface area contributed by atoms with Gasteiger partial charge < -0.3 is 19.9 Å². The van der Waals surface area contributed by atoms with Gasteiger partial charge in [0, 0.05) is 44.0 Å². The van der Waals surface area contributed by atoms with Crippen LogP contribution in [0.25, 0.3) is 0 Å². The zero-order chi connectivity index (χ0) is 28.2. The normalized spacial score (nSPS) is 21.7. The second-order valence-corrected chi connectivity index (χ2v) is 11.2. The summed E-state index contributed by atoms with van der Waals surface area (Å²) in [4.78, 5) is 47.0. The lowest BCUT2D eigenvalue weighted by atomic mass is 9.98. The number of ether oxygens (including phenoxy) is 1. The molecule has 3 aliphatic rings. The topological polar surface area (TPSA) is 91.3 Å². The number of nitrogens with one attached hydrogen (secondary N) is 1. The first-order chi connectivity index (χ1) is 19.3. The van der Waals surface area contributed by atoms with Crippen LogP contribution in [0.3, 0.4) is 0 Å². The van der Waals surface area contributed by atoms with Crippen molar-refractivity contribution in [3.8, 4) is 5.75 Å². The van der Waals surface area contributed by atoms with E-state index in [0.717, 1.165) is 42.9 Å². The number of fused-ring (bicyclic) bond motifs is 1. The summed E-state index contributed by atoms with van der Waals surface area (Å²) in [6.07, 6.45) is 1.13. The average molecular weight is 543 g/mol. The summed E-state index contributed by atoms with van der Waals surface area (Å²) in [5.74, 6) is 1.48. The predicted molar refractivity (Wildman–Crippen MR) is 154 cm³/mol. The molecule has 5 rings (SSSR count). The zero-order valence-corrected chi connectivity index (χ0v) is 23.6. The third-order valence-electron chi connectivity index (χ3n) is 8.47. The molecule has 0 bridgehead atoms. The number of carbonyl (C=O) groups excluding carboxylic acids is 3. The number of carbonyl (C=O) groups is 3. The molecule has 1 N–H and O–H groups in total. The highest BCUT2D eigenvalue weighted by molar-refractivity contribution is 6.27. The van der Waals surface area contributed by atoms with E-state index in [1.165, 1.54) is 0 Å². The fourth-order valence-corrected chi connectivity index (χ4v) is 6.20. The Balaban J connectivity index is 1.16. The van der Waals surface area contributed by atoms with Crippen LogP contribution in [0.2, 0.25) is 0 Å². The minimum absolute atomic E-state index is 0.00362. The van der Waals surface area contributed by atoms with Gasteiger partial charge in [-0.05, 0) is 55.4 Å². The zero-order valence-electron chi connectivity index (χ0n) is 23.6. The molecule has 2 aromatic carbocycles. The number of amides is 2. The summed E-state index contributed by atoms with van der Waals surface area (Å²) in [5, 5.41) is 3.26. The summed E-state index contributed by atoms with van der Waals surface area (Å²) in [7, 11) is 1.63. The third-order valence-corrected chi connectivity index (χ3v) is 8.47. The molecule has 0 spiro atoms. The van der Waals surface area contributed by atoms with Gasteiger partial charge in [0.15, 0.2) is 5.78 Å². The summed E-state index contributed by atoms with van der Waals surface area (Å²) in [6, 6.07) is 17.7. The molecule has 3 heterocycles. The number of Topliss-reactive ketones (excluding diaryl/α,β-unsaturated/α-hetero) is 1. The van der Waals surface area contributed by atoms with Gasteiger partial charge >= 0.3 is 0 Å². The van der Waals surface area contributed by atoms with Crippen LogP contribution in [0.4, 0.5) is 0 Å². The van der Waals surface area contributed by atoms with Gasteiger partial charge in [0.2, 0.25) is 5.91 Å². The van der Waals surface area contributed by atoms with Crippen LogP contribution < -0.4 is 10.1 Å². The first-order valence-corrected chi connectivity index (χ1v) is 14.1. The number of hydrogen-bond donors (Lipinski definition) is 1. The maximum absolute atomic E-state index is 13.3. The van der Waals surface area contributed by atoms with Crippen LogP contribution in [0.1, 0.15) is 37.4 Å². The summed E-state index contributed by atoms with van der Waals surface area (Å²) in [5.41, 5.74) is 3.74. The molecule has 0 aliphatic carbocycles. The van der Waals surface area contributed by atoms with Gasteiger partial charge in [-0.2, -0.15) is 0 Å². The maximum atomic E-state index is 13.3. The highest BCUT2D eigenvalue weighted by Gasteiger charge is 2.42. The highest BCUT2D eigenvalue weighted by atomic mass is 16.5. The number of nitrogens with zero attached hydrogens (tertiary/aromatic N) is 3. The van der Waals surface area contributed by atoms with Crippen molar-refractivity contribution in [1.29, 1.82) is 0 Å². The lowest BCUT2D eigenvalue weighted by Crippen LogP contribution is -2.38. The monoisotopic (exact) mass is 542 g/mol. The Kier molecular flexibility index (Phi) is 8.45. The second kappa shape index (κ2) is 12.2. The van der Waals surface area contributed by atoms with E-state index in [9.17, 15) is 14.4 Å². The lowest BCUT2D eigenvalue weighted by molar-refractivity contribution is -0.126. The first kappa shape index (κ1) is 27.8. The Labute approximate surface area is 236 Å². The van der Waals surface area contributed by atoms with E-state index in [1.54, 1.807) is 14.0 Å². The van der Waals surface area contributed by atoms with Gasteiger partial charge in [0.05, 0.1) is 25.1 Å². The van der Waals surface area contributed by atoms with Crippen LogP contribution in [0.5, 0.6) is 5.75 Å². The van der Waals surface area contributed by atoms with Crippen molar-refractivity contribution < 1.29 is 19.1 Å². The van der Waals surface area contributed by atoms with Crippen molar-refractivity contribution in [2.45, 2.75) is 32.7 Å². The Morgan fingerprint density at radius 1 is 1.00 bits per heavy atom. The Morgan fingerprint density at radius 2 is 1.68 bits per heavy atom. The van der Waals surface area contributed by atoms with E-state index < -0.39 is 0 Å². The van der Waals surface area contributed by atoms with Crippen LogP contribution in [0.15, 0.2) is 70.7 Å². The predicted octanol–water partition coefficient (Wildman–Crippen LogP) is 3.24. The smallest absolute Gasteiger partial charge is 0.256 e. The minimum atomic E-state index is -0.0773. The minimum Gasteiger partial charge on any atom is -0.497 e. The van der Waals surface area contributed by atoms with Crippen molar-refractivity contribution in [1.82, 2.24) is 15.1 Å². The molecule has 0 aromatic heterocycles. The first-order valence-electron chi connectivity index (χ1n) is 14.1. The SMILES string of the molecule is COc1ccc(CC(=O)NC(CCN2CC3CN(C(=O)C4=C(C)C(=O)CN=C4C)C[C@@H]3C2)c2ccccc2)cc1. The van der Waals surface area contributed by atoms with E-state index in [-0.39, 0.29) is 30.2 Å². The molecule has 3 atom stereocenters. The van der Waals surface area contributed by atoms with E-state index in [1.807, 2.05) is 54.3 Å². The number of hydrogen-bond acceptors (Lipinski definition) is 6. The number of rotatable bonds is 9. The quantitative estimate of drug-likeness (QED) is 0.526. The number of likely N-dealkylation sites (tertiary alicyclic amines) is 2. The number of methoxy groups -OCH3 is 1. The molecule has 0 saturated carbocycles. The van der Waals surface area contributed by atoms with E-state index in [2.05, 4.69) is 27.3 Å². The fraction of sp³-hybridized carbons (Fsp3) is 0.438. The number of benzene rings is 2. The van der Waals surface area contributed by atoms with Gasteiger partial charge in [-0.15, -0.1) is 0 Å². The molecule has 2 saturated heterocycles. The average Bonchev–Trinajstić information content (AvgIpc) is 3.53. The second-order valence-electron chi connectivity index (χ2n) is 11.2. The molecular formula is C32H38N4O4. The van der Waals surface area contributed by atoms with Crippen LogP contribution in [-0.4, -0.2) is 79.5 Å². The Bertz CT molecular complexity index is 1300. The molecule has 3 aliphatic heterocycles. The van der Waals surface area contributed by atoms with Gasteiger partial charge in [-0.3, -0.25) is 19.4 Å². The largest absolute Gasteiger partial charge is 0.497 e. The molecule has 210 valence electrons. The molecule has 2 unspecified atom stereocenters. The summed E-state index contributed by atoms with van der Waals surface area (Å²) < 4.78 is 5.22. The number of aliphatic imine (C=N–C) groups is 1. The Hall–Kier alpha value is -3.78. The van der Waals surface area contributed by atoms with Crippen molar-refractivity contribution in [3.63, 3.8) is 0 Å². The van der Waals surface area contributed by atoms with Crippen molar-refractivity contribution in [3.05, 3.63) is 76.9 Å². The fourth-order valence-electron chi connectivity index (χ4n) is 6.20. The van der Waals surface area contributed by atoms with Gasteiger partial charge in [0.1, 0.15) is 12.3 Å².